The number of hydrogen-bond donors (Lipinski definition) is 2. The van der Waals surface area contributed by atoms with Gasteiger partial charge in [-0.25, -0.2) is 9.78 Å². The van der Waals surface area contributed by atoms with Gasteiger partial charge in [0.25, 0.3) is 0 Å². The van der Waals surface area contributed by atoms with Crippen molar-refractivity contribution < 1.29 is 14.7 Å². The maximum atomic E-state index is 12.2. The Morgan fingerprint density at radius 2 is 1.97 bits per heavy atom. The summed E-state index contributed by atoms with van der Waals surface area (Å²) in [5.74, 6) is -0.933. The van der Waals surface area contributed by atoms with Gasteiger partial charge < -0.3 is 10.4 Å². The molecular formula is C22H22ClN3O3S. The molecule has 1 aliphatic carbocycles. The number of aromatic carboxylic acids is 1. The number of rotatable bonds is 6. The van der Waals surface area contributed by atoms with Crippen molar-refractivity contribution in [2.24, 2.45) is 0 Å². The molecule has 1 aromatic heterocycles. The van der Waals surface area contributed by atoms with Crippen molar-refractivity contribution in [1.82, 2.24) is 4.98 Å². The fraction of sp³-hybridized carbons (Fsp3) is 0.364. The zero-order valence-corrected chi connectivity index (χ0v) is 18.0. The van der Waals surface area contributed by atoms with E-state index in [9.17, 15) is 14.9 Å². The van der Waals surface area contributed by atoms with E-state index >= 15 is 0 Å². The van der Waals surface area contributed by atoms with Gasteiger partial charge in [0.15, 0.2) is 0 Å². The number of carbonyl (C=O) groups is 2. The molecule has 0 fully saturated rings. The monoisotopic (exact) mass is 443 g/mol. The van der Waals surface area contributed by atoms with E-state index in [1.165, 1.54) is 42.3 Å². The van der Waals surface area contributed by atoms with Crippen molar-refractivity contribution in [3.63, 3.8) is 0 Å². The van der Waals surface area contributed by atoms with Gasteiger partial charge in [0, 0.05) is 23.6 Å². The number of fused-ring (bicyclic) bond motifs is 1. The van der Waals surface area contributed by atoms with Gasteiger partial charge in [0.2, 0.25) is 5.91 Å². The van der Waals surface area contributed by atoms with Crippen molar-refractivity contribution >= 4 is 40.9 Å². The van der Waals surface area contributed by atoms with Crippen LogP contribution < -0.4 is 5.32 Å². The van der Waals surface area contributed by atoms with Crippen LogP contribution in [-0.2, 0) is 17.6 Å². The number of amides is 1. The minimum atomic E-state index is -1.15. The van der Waals surface area contributed by atoms with Gasteiger partial charge in [-0.3, -0.25) is 4.79 Å². The minimum absolute atomic E-state index is 0.0625. The van der Waals surface area contributed by atoms with Gasteiger partial charge in [0.1, 0.15) is 11.1 Å². The van der Waals surface area contributed by atoms with Gasteiger partial charge in [-0.05, 0) is 55.5 Å². The number of nitrogens with one attached hydrogen (secondary N) is 1. The molecule has 8 heteroatoms. The molecular weight excluding hydrogens is 422 g/mol. The second-order valence-electron chi connectivity index (χ2n) is 7.12. The Hall–Kier alpha value is -2.56. The molecule has 2 N–H and O–H groups in total. The summed E-state index contributed by atoms with van der Waals surface area (Å²) >= 11 is 7.24. The fourth-order valence-electron chi connectivity index (χ4n) is 3.39. The molecule has 1 heterocycles. The highest BCUT2D eigenvalue weighted by Crippen LogP contribution is 2.27. The lowest BCUT2D eigenvalue weighted by atomic mass is 9.96. The number of pyridine rings is 1. The van der Waals surface area contributed by atoms with Crippen LogP contribution in [0.15, 0.2) is 29.3 Å². The van der Waals surface area contributed by atoms with Crippen LogP contribution in [-0.4, -0.2) is 27.7 Å². The van der Waals surface area contributed by atoms with Crippen molar-refractivity contribution in [3.8, 4) is 6.07 Å². The molecule has 0 radical (unpaired) electrons. The number of thioether (sulfide) groups is 1. The molecule has 156 valence electrons. The van der Waals surface area contributed by atoms with Crippen molar-refractivity contribution in [1.29, 1.82) is 5.26 Å². The first-order valence-corrected chi connectivity index (χ1v) is 11.2. The number of carbonyl (C=O) groups excluding carboxylic acids is 1. The summed E-state index contributed by atoms with van der Waals surface area (Å²) in [7, 11) is 0. The van der Waals surface area contributed by atoms with Gasteiger partial charge in [-0.2, -0.15) is 5.26 Å². The molecule has 0 atom stereocenters. The molecule has 1 aliphatic rings. The number of benzene rings is 1. The van der Waals surface area contributed by atoms with Crippen molar-refractivity contribution in [2.45, 2.75) is 50.0 Å². The number of hydrogen-bond acceptors (Lipinski definition) is 5. The smallest absolute Gasteiger partial charge is 0.337 e. The number of aryl methyl sites for hydroxylation is 2. The molecule has 2 aromatic rings. The summed E-state index contributed by atoms with van der Waals surface area (Å²) in [6.07, 6.45) is 6.76. The highest BCUT2D eigenvalue weighted by Gasteiger charge is 2.15. The molecule has 0 saturated heterocycles. The first-order chi connectivity index (χ1) is 14.5. The lowest BCUT2D eigenvalue weighted by Gasteiger charge is -2.15. The Morgan fingerprint density at radius 3 is 2.70 bits per heavy atom. The Balaban J connectivity index is 1.61. The molecule has 0 saturated carbocycles. The normalized spacial score (nSPS) is 13.5. The molecule has 1 amide bonds. The third-order valence-electron chi connectivity index (χ3n) is 4.93. The van der Waals surface area contributed by atoms with Crippen LogP contribution in [0.4, 0.5) is 5.69 Å². The number of carboxylic acid groups (broad SMARTS) is 1. The second-order valence-corrected chi connectivity index (χ2v) is 8.61. The van der Waals surface area contributed by atoms with Gasteiger partial charge in [-0.15, -0.1) is 11.8 Å². The SMILES string of the molecule is N#Cc1cc2c(nc1SCCC(=O)Nc1ccc(Cl)c(C(=O)O)c1)CCCCCC2. The molecule has 0 aliphatic heterocycles. The first-order valence-electron chi connectivity index (χ1n) is 9.86. The summed E-state index contributed by atoms with van der Waals surface area (Å²) in [5.41, 5.74) is 3.12. The van der Waals surface area contributed by atoms with Crippen LogP contribution in [0.1, 0.15) is 59.3 Å². The van der Waals surface area contributed by atoms with E-state index in [-0.39, 0.29) is 22.9 Å². The fourth-order valence-corrected chi connectivity index (χ4v) is 4.50. The predicted molar refractivity (Wildman–Crippen MR) is 117 cm³/mol. The van der Waals surface area contributed by atoms with Crippen LogP contribution in [0.25, 0.3) is 0 Å². The third kappa shape index (κ3) is 5.74. The Kier molecular flexibility index (Phi) is 7.72. The molecule has 1 aromatic carbocycles. The maximum absolute atomic E-state index is 12.2. The standard InChI is InChI=1S/C22H22ClN3O3S/c23-18-8-7-16(12-17(18)22(28)29)25-20(27)9-10-30-21-15(13-24)11-14-5-3-1-2-4-6-19(14)26-21/h7-8,11-12H,1-6,9-10H2,(H,25,27)(H,28,29). The van der Waals surface area contributed by atoms with Crippen LogP contribution in [0, 0.1) is 11.3 Å². The number of anilines is 1. The molecule has 0 unspecified atom stereocenters. The summed E-state index contributed by atoms with van der Waals surface area (Å²) in [6, 6.07) is 8.52. The Morgan fingerprint density at radius 1 is 1.20 bits per heavy atom. The molecule has 3 rings (SSSR count). The van der Waals surface area contributed by atoms with E-state index in [4.69, 9.17) is 21.7 Å². The number of nitrogens with zero attached hydrogens (tertiary/aromatic N) is 2. The molecule has 30 heavy (non-hydrogen) atoms. The highest BCUT2D eigenvalue weighted by molar-refractivity contribution is 7.99. The number of aromatic nitrogens is 1. The van der Waals surface area contributed by atoms with E-state index < -0.39 is 5.97 Å². The van der Waals surface area contributed by atoms with Crippen LogP contribution in [0.3, 0.4) is 0 Å². The first kappa shape index (κ1) is 22.1. The Bertz CT molecular complexity index is 1000. The summed E-state index contributed by atoms with van der Waals surface area (Å²) in [4.78, 5) is 28.1. The molecule has 0 bridgehead atoms. The van der Waals surface area contributed by atoms with Gasteiger partial charge in [-0.1, -0.05) is 24.4 Å². The predicted octanol–water partition coefficient (Wildman–Crippen LogP) is 5.08. The zero-order chi connectivity index (χ0) is 21.5. The van der Waals surface area contributed by atoms with Crippen LogP contribution in [0.5, 0.6) is 0 Å². The quantitative estimate of drug-likeness (QED) is 0.603. The summed E-state index contributed by atoms with van der Waals surface area (Å²) in [6.45, 7) is 0. The second kappa shape index (κ2) is 10.5. The lowest BCUT2D eigenvalue weighted by molar-refractivity contribution is -0.115. The van der Waals surface area contributed by atoms with Crippen LogP contribution in [0.2, 0.25) is 5.02 Å². The van der Waals surface area contributed by atoms with E-state index in [2.05, 4.69) is 11.4 Å². The highest BCUT2D eigenvalue weighted by atomic mass is 35.5. The van der Waals surface area contributed by atoms with Gasteiger partial charge >= 0.3 is 5.97 Å². The number of carboxylic acids is 1. The largest absolute Gasteiger partial charge is 0.478 e. The number of nitriles is 1. The zero-order valence-electron chi connectivity index (χ0n) is 16.4. The average Bonchev–Trinajstić information content (AvgIpc) is 2.70. The summed E-state index contributed by atoms with van der Waals surface area (Å²) in [5, 5.41) is 22.1. The topological polar surface area (TPSA) is 103 Å². The van der Waals surface area contributed by atoms with Crippen molar-refractivity contribution in [3.05, 3.63) is 51.7 Å². The molecule has 0 spiro atoms. The Labute approximate surface area is 184 Å². The van der Waals surface area contributed by atoms with Gasteiger partial charge in [0.05, 0.1) is 16.1 Å². The van der Waals surface area contributed by atoms with E-state index in [0.717, 1.165) is 31.4 Å². The lowest BCUT2D eigenvalue weighted by Crippen LogP contribution is -2.13. The van der Waals surface area contributed by atoms with E-state index in [1.54, 1.807) is 6.07 Å². The third-order valence-corrected chi connectivity index (χ3v) is 6.26. The van der Waals surface area contributed by atoms with Crippen LogP contribution >= 0.6 is 23.4 Å². The minimum Gasteiger partial charge on any atom is -0.478 e. The maximum Gasteiger partial charge on any atom is 0.337 e. The van der Waals surface area contributed by atoms with E-state index in [0.29, 0.717) is 22.0 Å². The average molecular weight is 444 g/mol. The number of halogens is 1. The summed E-state index contributed by atoms with van der Waals surface area (Å²) < 4.78 is 0. The van der Waals surface area contributed by atoms with E-state index in [1.807, 2.05) is 6.07 Å². The van der Waals surface area contributed by atoms with Crippen molar-refractivity contribution in [2.75, 3.05) is 11.1 Å². The molecule has 6 nitrogen and oxygen atoms in total.